The Labute approximate surface area is 132 Å². The number of para-hydroxylation sites is 1. The van der Waals surface area contributed by atoms with E-state index in [1.807, 2.05) is 42.5 Å². The molecule has 108 valence electrons. The van der Waals surface area contributed by atoms with E-state index in [0.29, 0.717) is 5.02 Å². The molecule has 0 atom stereocenters. The summed E-state index contributed by atoms with van der Waals surface area (Å²) in [5, 5.41) is 7.24. The third-order valence-corrected chi connectivity index (χ3v) is 4.11. The number of halogens is 1. The maximum atomic E-state index is 6.65. The molecule has 0 unspecified atom stereocenters. The second-order valence-corrected chi connectivity index (χ2v) is 5.42. The van der Waals surface area contributed by atoms with Gasteiger partial charge in [0, 0.05) is 11.6 Å². The van der Waals surface area contributed by atoms with Crippen molar-refractivity contribution < 1.29 is 0 Å². The summed E-state index contributed by atoms with van der Waals surface area (Å²) < 4.78 is 1.77. The molecule has 0 amide bonds. The highest BCUT2D eigenvalue weighted by Crippen LogP contribution is 2.33. The van der Waals surface area contributed by atoms with Crippen LogP contribution in [0.2, 0.25) is 5.02 Å². The molecule has 22 heavy (non-hydrogen) atoms. The highest BCUT2D eigenvalue weighted by molar-refractivity contribution is 6.40. The Balaban J connectivity index is 2.16. The van der Waals surface area contributed by atoms with Crippen molar-refractivity contribution in [2.45, 2.75) is 13.3 Å². The summed E-state index contributed by atoms with van der Waals surface area (Å²) in [5.41, 5.74) is 2.54. The van der Waals surface area contributed by atoms with E-state index in [4.69, 9.17) is 16.6 Å². The van der Waals surface area contributed by atoms with Crippen molar-refractivity contribution in [3.05, 3.63) is 59.4 Å². The fourth-order valence-electron chi connectivity index (χ4n) is 2.67. The molecule has 0 aliphatic carbocycles. The normalized spacial score (nSPS) is 11.4. The summed E-state index contributed by atoms with van der Waals surface area (Å²) >= 11 is 6.65. The second kappa shape index (κ2) is 5.07. The number of rotatable bonds is 2. The quantitative estimate of drug-likeness (QED) is 0.558. The molecule has 4 aromatic rings. The van der Waals surface area contributed by atoms with Gasteiger partial charge in [0.15, 0.2) is 11.5 Å². The first-order chi connectivity index (χ1) is 10.8. The molecule has 0 fully saturated rings. The van der Waals surface area contributed by atoms with Crippen LogP contribution >= 0.6 is 11.6 Å². The van der Waals surface area contributed by atoms with Crippen molar-refractivity contribution >= 4 is 33.5 Å². The van der Waals surface area contributed by atoms with Crippen molar-refractivity contribution in [1.82, 2.24) is 19.7 Å². The zero-order chi connectivity index (χ0) is 15.1. The number of aromatic nitrogens is 4. The van der Waals surface area contributed by atoms with Gasteiger partial charge in [-0.15, -0.1) is 0 Å². The lowest BCUT2D eigenvalue weighted by Crippen LogP contribution is -2.00. The van der Waals surface area contributed by atoms with E-state index in [9.17, 15) is 0 Å². The van der Waals surface area contributed by atoms with Crippen LogP contribution in [-0.2, 0) is 6.42 Å². The van der Waals surface area contributed by atoms with Crippen LogP contribution in [0.3, 0.4) is 0 Å². The van der Waals surface area contributed by atoms with Crippen molar-refractivity contribution in [3.8, 4) is 5.82 Å². The largest absolute Gasteiger partial charge is 0.237 e. The predicted molar refractivity (Wildman–Crippen MR) is 88.6 cm³/mol. The lowest BCUT2D eigenvalue weighted by Gasteiger charge is -2.04. The molecule has 0 saturated carbocycles. The summed E-state index contributed by atoms with van der Waals surface area (Å²) in [4.78, 5) is 9.13. The predicted octanol–water partition coefficient (Wildman–Crippen LogP) is 4.18. The number of aryl methyl sites for hydroxylation is 1. The zero-order valence-corrected chi connectivity index (χ0v) is 12.7. The van der Waals surface area contributed by atoms with Gasteiger partial charge in [-0.2, -0.15) is 9.78 Å². The number of hydrogen-bond acceptors (Lipinski definition) is 3. The summed E-state index contributed by atoms with van der Waals surface area (Å²) in [6.07, 6.45) is 2.53. The van der Waals surface area contributed by atoms with Gasteiger partial charge < -0.3 is 0 Å². The molecule has 0 saturated heterocycles. The molecule has 1 aromatic carbocycles. The minimum atomic E-state index is 0.708. The van der Waals surface area contributed by atoms with Crippen LogP contribution in [0.5, 0.6) is 0 Å². The van der Waals surface area contributed by atoms with Crippen LogP contribution < -0.4 is 0 Å². The van der Waals surface area contributed by atoms with Crippen LogP contribution in [-0.4, -0.2) is 19.7 Å². The van der Waals surface area contributed by atoms with Crippen LogP contribution in [0.1, 0.15) is 12.6 Å². The maximum Gasteiger partial charge on any atom is 0.167 e. The molecular formula is C17H13ClN4. The molecule has 0 spiro atoms. The molecule has 5 heteroatoms. The van der Waals surface area contributed by atoms with E-state index in [2.05, 4.69) is 17.0 Å². The molecular weight excluding hydrogens is 296 g/mol. The van der Waals surface area contributed by atoms with E-state index in [-0.39, 0.29) is 0 Å². The van der Waals surface area contributed by atoms with Crippen LogP contribution in [0.15, 0.2) is 48.7 Å². The molecule has 3 aromatic heterocycles. The van der Waals surface area contributed by atoms with Gasteiger partial charge in [0.1, 0.15) is 0 Å². The maximum absolute atomic E-state index is 6.65. The molecule has 0 aliphatic heterocycles. The first-order valence-corrected chi connectivity index (χ1v) is 7.54. The Morgan fingerprint density at radius 3 is 2.68 bits per heavy atom. The van der Waals surface area contributed by atoms with E-state index >= 15 is 0 Å². The molecule has 4 nitrogen and oxygen atoms in total. The Hall–Kier alpha value is -2.46. The SMILES string of the molecule is CCc1nn(-c2ccccn2)c2nc3ccccc3c(Cl)c12. The van der Waals surface area contributed by atoms with Gasteiger partial charge in [0.2, 0.25) is 0 Å². The van der Waals surface area contributed by atoms with E-state index in [1.54, 1.807) is 10.9 Å². The Morgan fingerprint density at radius 1 is 1.09 bits per heavy atom. The topological polar surface area (TPSA) is 43.6 Å². The highest BCUT2D eigenvalue weighted by atomic mass is 35.5. The van der Waals surface area contributed by atoms with E-state index < -0.39 is 0 Å². The summed E-state index contributed by atoms with van der Waals surface area (Å²) in [6, 6.07) is 13.6. The second-order valence-electron chi connectivity index (χ2n) is 5.04. The summed E-state index contributed by atoms with van der Waals surface area (Å²) in [5.74, 6) is 0.742. The minimum absolute atomic E-state index is 0.708. The van der Waals surface area contributed by atoms with Gasteiger partial charge >= 0.3 is 0 Å². The molecule has 0 radical (unpaired) electrons. The number of hydrogen-bond donors (Lipinski definition) is 0. The summed E-state index contributed by atoms with van der Waals surface area (Å²) in [6.45, 7) is 2.07. The Kier molecular flexibility index (Phi) is 3.05. The van der Waals surface area contributed by atoms with Crippen LogP contribution in [0, 0.1) is 0 Å². The molecule has 4 rings (SSSR count). The van der Waals surface area contributed by atoms with Crippen LogP contribution in [0.4, 0.5) is 0 Å². The van der Waals surface area contributed by atoms with E-state index in [0.717, 1.165) is 39.9 Å². The van der Waals surface area contributed by atoms with Crippen molar-refractivity contribution in [2.75, 3.05) is 0 Å². The molecule has 0 N–H and O–H groups in total. The van der Waals surface area contributed by atoms with Gasteiger partial charge in [-0.05, 0) is 24.6 Å². The van der Waals surface area contributed by atoms with Gasteiger partial charge in [-0.25, -0.2) is 9.97 Å². The number of fused-ring (bicyclic) bond motifs is 2. The fourth-order valence-corrected chi connectivity index (χ4v) is 3.03. The smallest absolute Gasteiger partial charge is 0.167 e. The average molecular weight is 309 g/mol. The first-order valence-electron chi connectivity index (χ1n) is 7.17. The molecule has 0 bridgehead atoms. The fraction of sp³-hybridized carbons (Fsp3) is 0.118. The molecule has 3 heterocycles. The third-order valence-electron chi connectivity index (χ3n) is 3.72. The first kappa shape index (κ1) is 13.2. The lowest BCUT2D eigenvalue weighted by molar-refractivity contribution is 0.830. The Bertz CT molecular complexity index is 976. The van der Waals surface area contributed by atoms with Gasteiger partial charge in [-0.3, -0.25) is 0 Å². The lowest BCUT2D eigenvalue weighted by atomic mass is 10.1. The van der Waals surface area contributed by atoms with Crippen molar-refractivity contribution in [2.24, 2.45) is 0 Å². The molecule has 0 aliphatic rings. The van der Waals surface area contributed by atoms with Crippen molar-refractivity contribution in [3.63, 3.8) is 0 Å². The Morgan fingerprint density at radius 2 is 1.91 bits per heavy atom. The van der Waals surface area contributed by atoms with Crippen molar-refractivity contribution in [1.29, 1.82) is 0 Å². The third kappa shape index (κ3) is 1.88. The highest BCUT2D eigenvalue weighted by Gasteiger charge is 2.18. The number of benzene rings is 1. The van der Waals surface area contributed by atoms with Gasteiger partial charge in [0.05, 0.1) is 21.6 Å². The zero-order valence-electron chi connectivity index (χ0n) is 12.0. The monoisotopic (exact) mass is 308 g/mol. The van der Waals surface area contributed by atoms with Crippen LogP contribution in [0.25, 0.3) is 27.8 Å². The van der Waals surface area contributed by atoms with Gasteiger partial charge in [-0.1, -0.05) is 42.8 Å². The minimum Gasteiger partial charge on any atom is -0.237 e. The average Bonchev–Trinajstić information content (AvgIpc) is 2.95. The standard InChI is InChI=1S/C17H13ClN4/c1-2-12-15-16(18)11-7-3-4-8-13(11)20-17(15)22(21-12)14-9-5-6-10-19-14/h3-10H,2H2,1H3. The van der Waals surface area contributed by atoms with Gasteiger partial charge in [0.25, 0.3) is 0 Å². The number of pyridine rings is 2. The number of nitrogens with zero attached hydrogens (tertiary/aromatic N) is 4. The summed E-state index contributed by atoms with van der Waals surface area (Å²) in [7, 11) is 0. The van der Waals surface area contributed by atoms with E-state index in [1.165, 1.54) is 0 Å².